The molecule has 7 heteroatoms. The summed E-state index contributed by atoms with van der Waals surface area (Å²) in [4.78, 5) is 2.23. The highest BCUT2D eigenvalue weighted by Gasteiger charge is 2.37. The molecular formula is C23H22ClN3O2S. The average Bonchev–Trinajstić information content (AvgIpc) is 3.21. The van der Waals surface area contributed by atoms with Crippen LogP contribution in [0.5, 0.6) is 0 Å². The fraction of sp³-hybridized carbons (Fsp3) is 0.174. The van der Waals surface area contributed by atoms with E-state index in [0.29, 0.717) is 11.4 Å². The van der Waals surface area contributed by atoms with E-state index >= 15 is 0 Å². The van der Waals surface area contributed by atoms with Crippen LogP contribution < -0.4 is 4.90 Å². The number of nitrogens with zero attached hydrogens (tertiary/aromatic N) is 3. The molecule has 0 amide bonds. The summed E-state index contributed by atoms with van der Waals surface area (Å²) in [5.41, 5.74) is 3.51. The van der Waals surface area contributed by atoms with E-state index in [-0.39, 0.29) is 4.90 Å². The van der Waals surface area contributed by atoms with Crippen LogP contribution >= 0.6 is 11.6 Å². The fourth-order valence-corrected chi connectivity index (χ4v) is 5.15. The number of hydrogen-bond donors (Lipinski definition) is 0. The first-order valence-corrected chi connectivity index (χ1v) is 11.4. The lowest BCUT2D eigenvalue weighted by molar-refractivity contribution is 0.371. The molecule has 0 spiro atoms. The van der Waals surface area contributed by atoms with E-state index in [9.17, 15) is 8.42 Å². The van der Waals surface area contributed by atoms with Crippen molar-refractivity contribution in [3.8, 4) is 0 Å². The molecule has 1 unspecified atom stereocenters. The Labute approximate surface area is 182 Å². The molecule has 0 aromatic heterocycles. The van der Waals surface area contributed by atoms with Crippen molar-refractivity contribution in [3.05, 3.63) is 95.0 Å². The van der Waals surface area contributed by atoms with Crippen molar-refractivity contribution in [3.63, 3.8) is 0 Å². The summed E-state index contributed by atoms with van der Waals surface area (Å²) in [5.74, 6) is 0. The first kappa shape index (κ1) is 20.4. The third-order valence-corrected chi connectivity index (χ3v) is 7.04. The van der Waals surface area contributed by atoms with Crippen LogP contribution in [0.2, 0.25) is 5.02 Å². The molecule has 3 aromatic carbocycles. The minimum Gasteiger partial charge on any atom is -0.378 e. The van der Waals surface area contributed by atoms with Crippen LogP contribution in [0, 0.1) is 0 Å². The lowest BCUT2D eigenvalue weighted by Gasteiger charge is -2.23. The van der Waals surface area contributed by atoms with Gasteiger partial charge < -0.3 is 4.90 Å². The maximum Gasteiger partial charge on any atom is 0.279 e. The van der Waals surface area contributed by atoms with Crippen LogP contribution in [0.3, 0.4) is 0 Å². The monoisotopic (exact) mass is 439 g/mol. The van der Waals surface area contributed by atoms with Gasteiger partial charge >= 0.3 is 0 Å². The predicted molar refractivity (Wildman–Crippen MR) is 122 cm³/mol. The molecule has 1 aliphatic rings. The molecule has 0 N–H and O–H groups in total. The average molecular weight is 440 g/mol. The molecule has 0 saturated heterocycles. The van der Waals surface area contributed by atoms with Crippen molar-refractivity contribution in [2.45, 2.75) is 17.4 Å². The van der Waals surface area contributed by atoms with Crippen LogP contribution in [-0.4, -0.2) is 32.6 Å². The van der Waals surface area contributed by atoms with Gasteiger partial charge in [-0.2, -0.15) is 17.9 Å². The minimum atomic E-state index is -3.82. The highest BCUT2D eigenvalue weighted by atomic mass is 35.5. The smallest absolute Gasteiger partial charge is 0.279 e. The van der Waals surface area contributed by atoms with Crippen molar-refractivity contribution >= 4 is 33.0 Å². The van der Waals surface area contributed by atoms with Gasteiger partial charge in [0.1, 0.15) is 0 Å². The van der Waals surface area contributed by atoms with Crippen molar-refractivity contribution in [2.24, 2.45) is 5.10 Å². The normalized spacial score (nSPS) is 16.4. The first-order chi connectivity index (χ1) is 14.4. The highest BCUT2D eigenvalue weighted by Crippen LogP contribution is 2.38. The molecule has 30 heavy (non-hydrogen) atoms. The van der Waals surface area contributed by atoms with Crippen LogP contribution in [-0.2, 0) is 10.0 Å². The van der Waals surface area contributed by atoms with Gasteiger partial charge in [0.25, 0.3) is 10.0 Å². The number of hydrogen-bond acceptors (Lipinski definition) is 4. The van der Waals surface area contributed by atoms with Crippen molar-refractivity contribution in [2.75, 3.05) is 19.0 Å². The van der Waals surface area contributed by atoms with Crippen molar-refractivity contribution in [1.82, 2.24) is 4.41 Å². The molecule has 0 fully saturated rings. The number of rotatable bonds is 5. The number of benzene rings is 3. The minimum absolute atomic E-state index is 0.213. The third-order valence-electron chi connectivity index (χ3n) is 5.11. The van der Waals surface area contributed by atoms with Crippen LogP contribution in [0.15, 0.2) is 88.9 Å². The predicted octanol–water partition coefficient (Wildman–Crippen LogP) is 4.95. The van der Waals surface area contributed by atoms with E-state index in [1.54, 1.807) is 42.5 Å². The van der Waals surface area contributed by atoms with Gasteiger partial charge in [0, 0.05) is 31.2 Å². The first-order valence-electron chi connectivity index (χ1n) is 9.56. The molecule has 1 atom stereocenters. The second-order valence-corrected chi connectivity index (χ2v) is 9.59. The highest BCUT2D eigenvalue weighted by molar-refractivity contribution is 7.89. The summed E-state index contributed by atoms with van der Waals surface area (Å²) in [6, 6.07) is 23.2. The Hall–Kier alpha value is -2.83. The summed E-state index contributed by atoms with van der Waals surface area (Å²) < 4.78 is 28.0. The van der Waals surface area contributed by atoms with Gasteiger partial charge in [-0.1, -0.05) is 54.1 Å². The Morgan fingerprint density at radius 3 is 2.30 bits per heavy atom. The van der Waals surface area contributed by atoms with Crippen LogP contribution in [0.25, 0.3) is 0 Å². The summed E-state index contributed by atoms with van der Waals surface area (Å²) in [7, 11) is 0.138. The fourth-order valence-electron chi connectivity index (χ4n) is 3.50. The van der Waals surface area contributed by atoms with Crippen LogP contribution in [0.4, 0.5) is 5.69 Å². The van der Waals surface area contributed by atoms with E-state index in [1.165, 1.54) is 4.41 Å². The number of anilines is 1. The van der Waals surface area contributed by atoms with Gasteiger partial charge in [-0.15, -0.1) is 0 Å². The second kappa shape index (κ2) is 8.13. The largest absolute Gasteiger partial charge is 0.378 e. The van der Waals surface area contributed by atoms with Gasteiger partial charge in [-0.25, -0.2) is 0 Å². The molecular weight excluding hydrogens is 418 g/mol. The topological polar surface area (TPSA) is 53.0 Å². The molecule has 1 heterocycles. The van der Waals surface area contributed by atoms with E-state index in [1.807, 2.05) is 55.4 Å². The third kappa shape index (κ3) is 3.93. The van der Waals surface area contributed by atoms with Gasteiger partial charge in [0.05, 0.1) is 16.6 Å². The molecule has 3 aromatic rings. The molecule has 0 radical (unpaired) electrons. The molecule has 4 rings (SSSR count). The van der Waals surface area contributed by atoms with E-state index in [0.717, 1.165) is 22.5 Å². The summed E-state index contributed by atoms with van der Waals surface area (Å²) in [6.07, 6.45) is 0.466. The van der Waals surface area contributed by atoms with Crippen molar-refractivity contribution < 1.29 is 8.42 Å². The zero-order chi connectivity index (χ0) is 21.3. The summed E-state index contributed by atoms with van der Waals surface area (Å²) in [6.45, 7) is 0. The molecule has 5 nitrogen and oxygen atoms in total. The number of hydrazone groups is 1. The number of sulfonamides is 1. The Balaban J connectivity index is 1.77. The summed E-state index contributed by atoms with van der Waals surface area (Å²) >= 11 is 6.19. The Kier molecular flexibility index (Phi) is 5.54. The van der Waals surface area contributed by atoms with Crippen molar-refractivity contribution in [1.29, 1.82) is 0 Å². The zero-order valence-electron chi connectivity index (χ0n) is 16.7. The van der Waals surface area contributed by atoms with E-state index in [4.69, 9.17) is 11.6 Å². The van der Waals surface area contributed by atoms with Gasteiger partial charge in [-0.05, 0) is 47.5 Å². The maximum atomic E-state index is 13.4. The molecule has 1 aliphatic heterocycles. The Bertz CT molecular complexity index is 1180. The lowest BCUT2D eigenvalue weighted by Crippen LogP contribution is -2.27. The molecule has 0 bridgehead atoms. The van der Waals surface area contributed by atoms with Gasteiger partial charge in [0.2, 0.25) is 0 Å². The SMILES string of the molecule is CN(C)c1ccc(C2=NN(S(=O)(=O)c3ccccc3)C(c3cccc(Cl)c3)C2)cc1. The molecule has 0 aliphatic carbocycles. The summed E-state index contributed by atoms with van der Waals surface area (Å²) in [5, 5.41) is 5.14. The Morgan fingerprint density at radius 1 is 0.967 bits per heavy atom. The van der Waals surface area contributed by atoms with Crippen LogP contribution in [0.1, 0.15) is 23.6 Å². The van der Waals surface area contributed by atoms with Gasteiger partial charge in [0.15, 0.2) is 0 Å². The second-order valence-electron chi connectivity index (χ2n) is 7.35. The quantitative estimate of drug-likeness (QED) is 0.565. The zero-order valence-corrected chi connectivity index (χ0v) is 18.3. The standard InChI is InChI=1S/C23H22ClN3O2S/c1-26(2)20-13-11-17(12-14-20)22-16-23(18-7-6-8-19(24)15-18)27(25-22)30(28,29)21-9-4-3-5-10-21/h3-15,23H,16H2,1-2H3. The van der Waals surface area contributed by atoms with Gasteiger partial charge in [-0.3, -0.25) is 0 Å². The Morgan fingerprint density at radius 2 is 1.67 bits per heavy atom. The number of halogens is 1. The maximum absolute atomic E-state index is 13.4. The van der Waals surface area contributed by atoms with E-state index < -0.39 is 16.1 Å². The van der Waals surface area contributed by atoms with E-state index in [2.05, 4.69) is 5.10 Å². The molecule has 0 saturated carbocycles. The molecule has 154 valence electrons. The lowest BCUT2D eigenvalue weighted by atomic mass is 9.99.